The van der Waals surface area contributed by atoms with E-state index in [1.807, 2.05) is 0 Å². The van der Waals surface area contributed by atoms with E-state index in [0.717, 1.165) is 5.56 Å². The average molecular weight is 352 g/mol. The monoisotopic (exact) mass is 352 g/mol. The molecule has 0 saturated carbocycles. The van der Waals surface area contributed by atoms with Crippen LogP contribution >= 0.6 is 0 Å². The standard InChI is InChI=1S/C20H20N2O4/c1-3-26-20(25)16-5-4-6-18(13-16)22-19(24)12-9-15-7-10-17(11-8-15)21-14(2)23/h4-13H,3H2,1-2H3,(H,21,23)(H,22,24). The van der Waals surface area contributed by atoms with E-state index in [-0.39, 0.29) is 11.8 Å². The van der Waals surface area contributed by atoms with E-state index in [9.17, 15) is 14.4 Å². The van der Waals surface area contributed by atoms with Gasteiger partial charge in [0.15, 0.2) is 0 Å². The van der Waals surface area contributed by atoms with Gasteiger partial charge >= 0.3 is 5.97 Å². The summed E-state index contributed by atoms with van der Waals surface area (Å²) in [5.74, 6) is -0.895. The summed E-state index contributed by atoms with van der Waals surface area (Å²) in [7, 11) is 0. The molecule has 6 nitrogen and oxygen atoms in total. The van der Waals surface area contributed by atoms with Gasteiger partial charge in [0, 0.05) is 24.4 Å². The second-order valence-electron chi connectivity index (χ2n) is 5.43. The minimum Gasteiger partial charge on any atom is -0.462 e. The van der Waals surface area contributed by atoms with Crippen molar-refractivity contribution >= 4 is 35.2 Å². The smallest absolute Gasteiger partial charge is 0.338 e. The number of amides is 2. The first-order valence-electron chi connectivity index (χ1n) is 8.12. The number of carbonyl (C=O) groups excluding carboxylic acids is 3. The third-order valence-corrected chi connectivity index (χ3v) is 3.30. The van der Waals surface area contributed by atoms with Crippen LogP contribution in [0.2, 0.25) is 0 Å². The van der Waals surface area contributed by atoms with Gasteiger partial charge in [0.1, 0.15) is 0 Å². The minimum atomic E-state index is -0.432. The fourth-order valence-electron chi connectivity index (χ4n) is 2.18. The average Bonchev–Trinajstić information content (AvgIpc) is 2.61. The van der Waals surface area contributed by atoms with Crippen molar-refractivity contribution in [2.45, 2.75) is 13.8 Å². The van der Waals surface area contributed by atoms with Crippen molar-refractivity contribution in [1.29, 1.82) is 0 Å². The van der Waals surface area contributed by atoms with E-state index in [1.54, 1.807) is 61.5 Å². The van der Waals surface area contributed by atoms with Crippen molar-refractivity contribution in [3.8, 4) is 0 Å². The molecule has 2 rings (SSSR count). The lowest BCUT2D eigenvalue weighted by molar-refractivity contribution is -0.114. The van der Waals surface area contributed by atoms with Crippen LogP contribution < -0.4 is 10.6 Å². The van der Waals surface area contributed by atoms with Crippen LogP contribution in [0, 0.1) is 0 Å². The Hall–Kier alpha value is -3.41. The van der Waals surface area contributed by atoms with Gasteiger partial charge in [-0.25, -0.2) is 4.79 Å². The van der Waals surface area contributed by atoms with Gasteiger partial charge in [0.2, 0.25) is 11.8 Å². The molecule has 0 aliphatic carbocycles. The molecule has 6 heteroatoms. The highest BCUT2D eigenvalue weighted by molar-refractivity contribution is 6.02. The fraction of sp³-hybridized carbons (Fsp3) is 0.150. The van der Waals surface area contributed by atoms with Crippen molar-refractivity contribution in [2.24, 2.45) is 0 Å². The largest absolute Gasteiger partial charge is 0.462 e. The van der Waals surface area contributed by atoms with Crippen LogP contribution in [0.5, 0.6) is 0 Å². The topological polar surface area (TPSA) is 84.5 Å². The third kappa shape index (κ3) is 5.90. The van der Waals surface area contributed by atoms with E-state index in [1.165, 1.54) is 13.0 Å². The Morgan fingerprint density at radius 1 is 1.00 bits per heavy atom. The molecular formula is C20H20N2O4. The highest BCUT2D eigenvalue weighted by atomic mass is 16.5. The molecule has 2 aromatic rings. The molecular weight excluding hydrogens is 332 g/mol. The van der Waals surface area contributed by atoms with Gasteiger partial charge in [-0.1, -0.05) is 18.2 Å². The summed E-state index contributed by atoms with van der Waals surface area (Å²) < 4.78 is 4.94. The maximum Gasteiger partial charge on any atom is 0.338 e. The Morgan fingerprint density at radius 2 is 1.73 bits per heavy atom. The van der Waals surface area contributed by atoms with E-state index >= 15 is 0 Å². The predicted molar refractivity (Wildman–Crippen MR) is 101 cm³/mol. The second kappa shape index (κ2) is 9.17. The second-order valence-corrected chi connectivity index (χ2v) is 5.43. The molecule has 0 aromatic heterocycles. The first kappa shape index (κ1) is 18.9. The zero-order chi connectivity index (χ0) is 18.9. The number of benzene rings is 2. The number of esters is 1. The number of carbonyl (C=O) groups is 3. The first-order chi connectivity index (χ1) is 12.5. The molecule has 2 aromatic carbocycles. The highest BCUT2D eigenvalue weighted by Gasteiger charge is 2.07. The normalized spacial score (nSPS) is 10.4. The molecule has 0 fully saturated rings. The van der Waals surface area contributed by atoms with Crippen molar-refractivity contribution in [3.05, 3.63) is 65.7 Å². The Kier molecular flexibility index (Phi) is 6.68. The fourth-order valence-corrected chi connectivity index (χ4v) is 2.18. The lowest BCUT2D eigenvalue weighted by Gasteiger charge is -2.05. The summed E-state index contributed by atoms with van der Waals surface area (Å²) in [5, 5.41) is 5.37. The number of hydrogen-bond donors (Lipinski definition) is 2. The van der Waals surface area contributed by atoms with E-state index < -0.39 is 5.97 Å². The van der Waals surface area contributed by atoms with Gasteiger partial charge in [0.25, 0.3) is 0 Å². The molecule has 2 amide bonds. The molecule has 0 unspecified atom stereocenters. The summed E-state index contributed by atoms with van der Waals surface area (Å²) in [6.45, 7) is 3.46. The maximum atomic E-state index is 12.0. The molecule has 0 aliphatic heterocycles. The molecule has 0 atom stereocenters. The first-order valence-corrected chi connectivity index (χ1v) is 8.12. The van der Waals surface area contributed by atoms with Crippen molar-refractivity contribution in [3.63, 3.8) is 0 Å². The van der Waals surface area contributed by atoms with Gasteiger partial charge < -0.3 is 15.4 Å². The van der Waals surface area contributed by atoms with E-state index in [0.29, 0.717) is 23.5 Å². The molecule has 0 radical (unpaired) electrons. The zero-order valence-corrected chi connectivity index (χ0v) is 14.6. The summed E-state index contributed by atoms with van der Waals surface area (Å²) in [5.41, 5.74) is 2.39. The van der Waals surface area contributed by atoms with Gasteiger partial charge in [-0.3, -0.25) is 9.59 Å². The SMILES string of the molecule is CCOC(=O)c1cccc(NC(=O)C=Cc2ccc(NC(C)=O)cc2)c1. The third-order valence-electron chi connectivity index (χ3n) is 3.30. The van der Waals surface area contributed by atoms with Crippen LogP contribution in [0.3, 0.4) is 0 Å². The number of nitrogens with one attached hydrogen (secondary N) is 2. The van der Waals surface area contributed by atoms with Gasteiger partial charge in [-0.15, -0.1) is 0 Å². The Labute approximate surface area is 151 Å². The Morgan fingerprint density at radius 3 is 2.38 bits per heavy atom. The maximum absolute atomic E-state index is 12.0. The van der Waals surface area contributed by atoms with Crippen LogP contribution in [0.1, 0.15) is 29.8 Å². The van der Waals surface area contributed by atoms with Gasteiger partial charge in [-0.2, -0.15) is 0 Å². The number of hydrogen-bond acceptors (Lipinski definition) is 4. The minimum absolute atomic E-state index is 0.141. The van der Waals surface area contributed by atoms with Crippen molar-refractivity contribution < 1.29 is 19.1 Å². The van der Waals surface area contributed by atoms with Crippen LogP contribution in [0.15, 0.2) is 54.6 Å². The van der Waals surface area contributed by atoms with Crippen LogP contribution in [0.4, 0.5) is 11.4 Å². The summed E-state index contributed by atoms with van der Waals surface area (Å²) in [6.07, 6.45) is 3.05. The number of ether oxygens (including phenoxy) is 1. The molecule has 0 heterocycles. The molecule has 134 valence electrons. The molecule has 0 aliphatic rings. The summed E-state index contributed by atoms with van der Waals surface area (Å²) in [6, 6.07) is 13.6. The van der Waals surface area contributed by atoms with Crippen LogP contribution in [0.25, 0.3) is 6.08 Å². The molecule has 2 N–H and O–H groups in total. The van der Waals surface area contributed by atoms with Gasteiger partial charge in [0.05, 0.1) is 12.2 Å². The molecule has 0 spiro atoms. The lowest BCUT2D eigenvalue weighted by Crippen LogP contribution is -2.09. The van der Waals surface area contributed by atoms with Crippen LogP contribution in [-0.2, 0) is 14.3 Å². The highest BCUT2D eigenvalue weighted by Crippen LogP contribution is 2.13. The summed E-state index contributed by atoms with van der Waals surface area (Å²) >= 11 is 0. The molecule has 0 bridgehead atoms. The summed E-state index contributed by atoms with van der Waals surface area (Å²) in [4.78, 5) is 34.7. The molecule has 26 heavy (non-hydrogen) atoms. The van der Waals surface area contributed by atoms with E-state index in [4.69, 9.17) is 4.74 Å². The number of rotatable bonds is 6. The predicted octanol–water partition coefficient (Wildman–Crippen LogP) is 3.47. The lowest BCUT2D eigenvalue weighted by atomic mass is 10.2. The quantitative estimate of drug-likeness (QED) is 0.616. The Bertz CT molecular complexity index is 826. The van der Waals surface area contributed by atoms with E-state index in [2.05, 4.69) is 10.6 Å². The number of anilines is 2. The zero-order valence-electron chi connectivity index (χ0n) is 14.6. The van der Waals surface area contributed by atoms with Crippen molar-refractivity contribution in [1.82, 2.24) is 0 Å². The van der Waals surface area contributed by atoms with Crippen molar-refractivity contribution in [2.75, 3.05) is 17.2 Å². The van der Waals surface area contributed by atoms with Gasteiger partial charge in [-0.05, 0) is 48.9 Å². The van der Waals surface area contributed by atoms with Crippen LogP contribution in [-0.4, -0.2) is 24.4 Å². The molecule has 0 saturated heterocycles. The Balaban J connectivity index is 1.97.